The van der Waals surface area contributed by atoms with Gasteiger partial charge in [-0.3, -0.25) is 9.48 Å². The molecule has 0 saturated carbocycles. The second kappa shape index (κ2) is 6.27. The molecule has 0 atom stereocenters. The van der Waals surface area contributed by atoms with E-state index in [1.807, 2.05) is 13.8 Å². The average molecular weight is 419 g/mol. The average Bonchev–Trinajstić information content (AvgIpc) is 2.68. The Morgan fingerprint density at radius 3 is 2.57 bits per heavy atom. The summed E-state index contributed by atoms with van der Waals surface area (Å²) in [6, 6.07) is 2.98. The quantitative estimate of drug-likeness (QED) is 0.800. The summed E-state index contributed by atoms with van der Waals surface area (Å²) < 4.78 is 16.8. The highest BCUT2D eigenvalue weighted by atomic mass is 79.9. The van der Waals surface area contributed by atoms with Crippen LogP contribution < -0.4 is 5.32 Å². The Kier molecular flexibility index (Phi) is 4.83. The first kappa shape index (κ1) is 16.2. The van der Waals surface area contributed by atoms with E-state index in [1.54, 1.807) is 17.7 Å². The predicted octanol–water partition coefficient (Wildman–Crippen LogP) is 4.44. The van der Waals surface area contributed by atoms with E-state index in [9.17, 15) is 9.18 Å². The number of benzene rings is 1. The summed E-state index contributed by atoms with van der Waals surface area (Å²) >= 11 is 6.45. The van der Waals surface area contributed by atoms with Gasteiger partial charge < -0.3 is 5.32 Å². The molecule has 1 amide bonds. The molecule has 2 rings (SSSR count). The lowest BCUT2D eigenvalue weighted by Crippen LogP contribution is -2.15. The molecule has 1 heterocycles. The highest BCUT2D eigenvalue weighted by Gasteiger charge is 2.20. The number of anilines is 1. The first-order chi connectivity index (χ1) is 9.85. The number of nitrogens with one attached hydrogen (secondary N) is 1. The number of carbonyl (C=O) groups excluding carboxylic acids is 1. The largest absolute Gasteiger partial charge is 0.318 e. The number of hydrogen-bond donors (Lipinski definition) is 1. The molecule has 7 heteroatoms. The summed E-state index contributed by atoms with van der Waals surface area (Å²) in [6.07, 6.45) is 0. The zero-order valence-corrected chi connectivity index (χ0v) is 15.0. The van der Waals surface area contributed by atoms with Crippen LogP contribution in [0, 0.1) is 19.7 Å². The van der Waals surface area contributed by atoms with Crippen molar-refractivity contribution in [2.24, 2.45) is 0 Å². The van der Waals surface area contributed by atoms with Gasteiger partial charge in [-0.1, -0.05) is 15.9 Å². The Balaban J connectivity index is 2.37. The number of rotatable bonds is 3. The lowest BCUT2D eigenvalue weighted by Gasteiger charge is -2.09. The number of aromatic nitrogens is 2. The Bertz CT molecular complexity index is 689. The molecule has 0 aliphatic rings. The fourth-order valence-electron chi connectivity index (χ4n) is 2.17. The van der Waals surface area contributed by atoms with Gasteiger partial charge in [0.25, 0.3) is 5.91 Å². The van der Waals surface area contributed by atoms with Crippen molar-refractivity contribution in [2.75, 3.05) is 5.32 Å². The second-order valence-electron chi connectivity index (χ2n) is 4.56. The molecule has 0 radical (unpaired) electrons. The topological polar surface area (TPSA) is 46.9 Å². The van der Waals surface area contributed by atoms with Gasteiger partial charge in [-0.15, -0.1) is 0 Å². The van der Waals surface area contributed by atoms with Gasteiger partial charge in [0.1, 0.15) is 5.82 Å². The summed E-state index contributed by atoms with van der Waals surface area (Å²) in [5, 5.41) is 6.90. The third kappa shape index (κ3) is 3.18. The maximum atomic E-state index is 14.0. The van der Waals surface area contributed by atoms with Gasteiger partial charge in [0.05, 0.1) is 16.9 Å². The third-order valence-corrected chi connectivity index (χ3v) is 4.24. The zero-order chi connectivity index (χ0) is 15.7. The fourth-order valence-corrected chi connectivity index (χ4v) is 3.44. The zero-order valence-electron chi connectivity index (χ0n) is 11.8. The van der Waals surface area contributed by atoms with Crippen LogP contribution in [0.4, 0.5) is 10.1 Å². The summed E-state index contributed by atoms with van der Waals surface area (Å²) in [5.74, 6) is -0.880. The molecule has 4 nitrogen and oxygen atoms in total. The maximum Gasteiger partial charge on any atom is 0.259 e. The van der Waals surface area contributed by atoms with Gasteiger partial charge in [0, 0.05) is 21.2 Å². The van der Waals surface area contributed by atoms with Crippen molar-refractivity contribution in [1.82, 2.24) is 9.78 Å². The van der Waals surface area contributed by atoms with Crippen LogP contribution in [0.1, 0.15) is 28.7 Å². The maximum absolute atomic E-state index is 14.0. The molecule has 0 saturated heterocycles. The number of carbonyl (C=O) groups is 1. The van der Waals surface area contributed by atoms with Crippen LogP contribution in [0.25, 0.3) is 0 Å². The van der Waals surface area contributed by atoms with Gasteiger partial charge in [-0.05, 0) is 48.8 Å². The van der Waals surface area contributed by atoms with E-state index in [4.69, 9.17) is 0 Å². The SMILES string of the molecule is CCn1nc(C)c(C(=O)Nc2c(F)cc(Br)cc2Br)c1C. The minimum absolute atomic E-state index is 0.117. The molecule has 0 unspecified atom stereocenters. The Morgan fingerprint density at radius 2 is 2.05 bits per heavy atom. The van der Waals surface area contributed by atoms with Crippen LogP contribution in [-0.2, 0) is 6.54 Å². The van der Waals surface area contributed by atoms with E-state index in [1.165, 1.54) is 6.07 Å². The summed E-state index contributed by atoms with van der Waals surface area (Å²) in [7, 11) is 0. The number of hydrogen-bond acceptors (Lipinski definition) is 2. The normalized spacial score (nSPS) is 10.8. The molecule has 1 aromatic carbocycles. The minimum atomic E-state index is -0.511. The number of amides is 1. The van der Waals surface area contributed by atoms with Crippen LogP contribution in [0.5, 0.6) is 0 Å². The lowest BCUT2D eigenvalue weighted by molar-refractivity contribution is 0.102. The summed E-state index contributed by atoms with van der Waals surface area (Å²) in [5.41, 5.74) is 1.99. The van der Waals surface area contributed by atoms with Crippen molar-refractivity contribution >= 4 is 43.5 Å². The van der Waals surface area contributed by atoms with Gasteiger partial charge in [-0.25, -0.2) is 4.39 Å². The van der Waals surface area contributed by atoms with Crippen LogP contribution in [0.3, 0.4) is 0 Å². The standard InChI is InChI=1S/C14H14Br2FN3O/c1-4-20-8(3)12(7(2)19-20)14(21)18-13-10(16)5-9(15)6-11(13)17/h5-6H,4H2,1-3H3,(H,18,21). The summed E-state index contributed by atoms with van der Waals surface area (Å²) in [6.45, 7) is 6.22. The Hall–Kier alpha value is -1.21. The lowest BCUT2D eigenvalue weighted by atomic mass is 10.1. The second-order valence-corrected chi connectivity index (χ2v) is 6.33. The van der Waals surface area contributed by atoms with Gasteiger partial charge >= 0.3 is 0 Å². The van der Waals surface area contributed by atoms with E-state index in [2.05, 4.69) is 42.3 Å². The van der Waals surface area contributed by atoms with E-state index in [-0.39, 0.29) is 11.6 Å². The van der Waals surface area contributed by atoms with E-state index < -0.39 is 5.82 Å². The minimum Gasteiger partial charge on any atom is -0.318 e. The molecule has 0 fully saturated rings. The predicted molar refractivity (Wildman–Crippen MR) is 87.1 cm³/mol. The van der Waals surface area contributed by atoms with Crippen molar-refractivity contribution in [3.63, 3.8) is 0 Å². The molecular formula is C14H14Br2FN3O. The van der Waals surface area contributed by atoms with E-state index >= 15 is 0 Å². The van der Waals surface area contributed by atoms with Crippen molar-refractivity contribution in [3.8, 4) is 0 Å². The third-order valence-electron chi connectivity index (χ3n) is 3.15. The summed E-state index contributed by atoms with van der Waals surface area (Å²) in [4.78, 5) is 12.4. The molecule has 112 valence electrons. The molecule has 0 aliphatic heterocycles. The van der Waals surface area contributed by atoms with Crippen LogP contribution >= 0.6 is 31.9 Å². The number of nitrogens with zero attached hydrogens (tertiary/aromatic N) is 2. The van der Waals surface area contributed by atoms with Gasteiger partial charge in [-0.2, -0.15) is 5.10 Å². The van der Waals surface area contributed by atoms with Crippen molar-refractivity contribution < 1.29 is 9.18 Å². The smallest absolute Gasteiger partial charge is 0.259 e. The van der Waals surface area contributed by atoms with Crippen molar-refractivity contribution in [1.29, 1.82) is 0 Å². The molecule has 0 bridgehead atoms. The van der Waals surface area contributed by atoms with Crippen molar-refractivity contribution in [2.45, 2.75) is 27.3 Å². The Morgan fingerprint density at radius 1 is 1.38 bits per heavy atom. The van der Waals surface area contributed by atoms with E-state index in [0.29, 0.717) is 26.7 Å². The van der Waals surface area contributed by atoms with Gasteiger partial charge in [0.15, 0.2) is 0 Å². The Labute approximate surface area is 139 Å². The molecule has 21 heavy (non-hydrogen) atoms. The first-order valence-electron chi connectivity index (χ1n) is 6.35. The molecular weight excluding hydrogens is 405 g/mol. The fraction of sp³-hybridized carbons (Fsp3) is 0.286. The van der Waals surface area contributed by atoms with Crippen LogP contribution in [-0.4, -0.2) is 15.7 Å². The molecule has 0 aliphatic carbocycles. The van der Waals surface area contributed by atoms with E-state index in [0.717, 1.165) is 5.69 Å². The molecule has 0 spiro atoms. The number of halogens is 3. The van der Waals surface area contributed by atoms with Crippen molar-refractivity contribution in [3.05, 3.63) is 43.8 Å². The van der Waals surface area contributed by atoms with Gasteiger partial charge in [0.2, 0.25) is 0 Å². The van der Waals surface area contributed by atoms with Crippen LogP contribution in [0.15, 0.2) is 21.1 Å². The highest BCUT2D eigenvalue weighted by Crippen LogP contribution is 2.30. The van der Waals surface area contributed by atoms with Crippen LogP contribution in [0.2, 0.25) is 0 Å². The highest BCUT2D eigenvalue weighted by molar-refractivity contribution is 9.11. The molecule has 1 aromatic heterocycles. The first-order valence-corrected chi connectivity index (χ1v) is 7.93. The molecule has 2 aromatic rings. The molecule has 1 N–H and O–H groups in total. The number of aryl methyl sites for hydroxylation is 2. The monoisotopic (exact) mass is 417 g/mol.